The van der Waals surface area contributed by atoms with E-state index in [0.29, 0.717) is 17.9 Å². The van der Waals surface area contributed by atoms with Gasteiger partial charge in [0.15, 0.2) is 11.6 Å². The van der Waals surface area contributed by atoms with E-state index in [0.717, 1.165) is 5.75 Å². The maximum Gasteiger partial charge on any atom is 0.165 e. The number of ether oxygens (including phenoxy) is 3. The van der Waals surface area contributed by atoms with Crippen molar-refractivity contribution in [1.82, 2.24) is 0 Å². The number of para-hydroxylation sites is 1. The molecule has 0 bridgehead atoms. The van der Waals surface area contributed by atoms with E-state index in [2.05, 4.69) is 0 Å². The van der Waals surface area contributed by atoms with E-state index in [1.165, 1.54) is 6.07 Å². The maximum atomic E-state index is 13.6. The van der Waals surface area contributed by atoms with Gasteiger partial charge in [0.2, 0.25) is 0 Å². The molecule has 0 aliphatic heterocycles. The molecule has 2 aromatic rings. The number of methoxy groups -OCH3 is 1. The van der Waals surface area contributed by atoms with E-state index in [4.69, 9.17) is 25.8 Å². The molecule has 0 amide bonds. The van der Waals surface area contributed by atoms with Gasteiger partial charge in [-0.1, -0.05) is 12.1 Å². The molecule has 0 aromatic heterocycles. The van der Waals surface area contributed by atoms with E-state index in [-0.39, 0.29) is 18.2 Å². The minimum atomic E-state index is -0.419. The highest BCUT2D eigenvalue weighted by Gasteiger charge is 2.08. The lowest BCUT2D eigenvalue weighted by atomic mass is 10.2. The summed E-state index contributed by atoms with van der Waals surface area (Å²) >= 11 is 5.75. The number of hydrogen-bond acceptors (Lipinski definition) is 3. The summed E-state index contributed by atoms with van der Waals surface area (Å²) in [6.07, 6.45) is 0. The molecule has 3 nitrogen and oxygen atoms in total. The largest absolute Gasteiger partial charge is 0.497 e. The zero-order chi connectivity index (χ0) is 15.1. The average Bonchev–Trinajstić information content (AvgIpc) is 2.53. The molecular formula is C16H16ClFO3. The molecule has 0 atom stereocenters. The third-order valence-electron chi connectivity index (χ3n) is 2.85. The van der Waals surface area contributed by atoms with E-state index in [9.17, 15) is 4.39 Å². The van der Waals surface area contributed by atoms with Gasteiger partial charge in [0.1, 0.15) is 24.7 Å². The Labute approximate surface area is 128 Å². The molecule has 0 N–H and O–H groups in total. The lowest BCUT2D eigenvalue weighted by Gasteiger charge is -2.12. The van der Waals surface area contributed by atoms with E-state index in [1.54, 1.807) is 43.5 Å². The number of rotatable bonds is 7. The van der Waals surface area contributed by atoms with Crippen LogP contribution in [0.2, 0.25) is 0 Å². The highest BCUT2D eigenvalue weighted by molar-refractivity contribution is 6.17. The first-order chi connectivity index (χ1) is 10.2. The van der Waals surface area contributed by atoms with Crippen LogP contribution in [0.5, 0.6) is 17.2 Å². The van der Waals surface area contributed by atoms with Gasteiger partial charge in [-0.2, -0.15) is 0 Å². The Morgan fingerprint density at radius 3 is 2.29 bits per heavy atom. The molecule has 0 aliphatic rings. The van der Waals surface area contributed by atoms with Crippen LogP contribution in [-0.2, 0) is 5.88 Å². The molecule has 112 valence electrons. The monoisotopic (exact) mass is 310 g/mol. The summed E-state index contributed by atoms with van der Waals surface area (Å²) in [6, 6.07) is 11.9. The number of halogens is 2. The molecule has 0 heterocycles. The quantitative estimate of drug-likeness (QED) is 0.571. The van der Waals surface area contributed by atoms with Crippen LogP contribution in [0.15, 0.2) is 42.5 Å². The van der Waals surface area contributed by atoms with Crippen molar-refractivity contribution in [2.45, 2.75) is 5.88 Å². The Bertz CT molecular complexity index is 572. The van der Waals surface area contributed by atoms with Gasteiger partial charge in [0.25, 0.3) is 0 Å². The zero-order valence-electron chi connectivity index (χ0n) is 11.6. The van der Waals surface area contributed by atoms with Crippen molar-refractivity contribution in [3.8, 4) is 17.2 Å². The Hall–Kier alpha value is -1.94. The summed E-state index contributed by atoms with van der Waals surface area (Å²) in [7, 11) is 1.60. The summed E-state index contributed by atoms with van der Waals surface area (Å²) in [6.45, 7) is 0.541. The van der Waals surface area contributed by atoms with E-state index >= 15 is 0 Å². The summed E-state index contributed by atoms with van der Waals surface area (Å²) in [5.74, 6) is 1.43. The normalized spacial score (nSPS) is 10.2. The van der Waals surface area contributed by atoms with Crippen molar-refractivity contribution in [1.29, 1.82) is 0 Å². The van der Waals surface area contributed by atoms with E-state index in [1.807, 2.05) is 0 Å². The summed E-state index contributed by atoms with van der Waals surface area (Å²) < 4.78 is 29.6. The Balaban J connectivity index is 1.84. The van der Waals surface area contributed by atoms with Gasteiger partial charge in [-0.3, -0.25) is 0 Å². The standard InChI is InChI=1S/C16H16ClFO3/c1-19-13-5-7-14(8-6-13)20-9-10-21-16-12(11-17)3-2-4-15(16)18/h2-8H,9-11H2,1H3. The number of alkyl halides is 1. The van der Waals surface area contributed by atoms with Crippen LogP contribution in [-0.4, -0.2) is 20.3 Å². The third-order valence-corrected chi connectivity index (χ3v) is 3.14. The van der Waals surface area contributed by atoms with Crippen molar-refractivity contribution in [2.24, 2.45) is 0 Å². The fourth-order valence-electron chi connectivity index (χ4n) is 1.80. The lowest BCUT2D eigenvalue weighted by Crippen LogP contribution is -2.10. The minimum absolute atomic E-state index is 0.186. The third kappa shape index (κ3) is 4.26. The van der Waals surface area contributed by atoms with Crippen LogP contribution in [0.3, 0.4) is 0 Å². The van der Waals surface area contributed by atoms with Crippen molar-refractivity contribution in [3.63, 3.8) is 0 Å². The Morgan fingerprint density at radius 1 is 0.952 bits per heavy atom. The van der Waals surface area contributed by atoms with Crippen molar-refractivity contribution >= 4 is 11.6 Å². The number of hydrogen-bond donors (Lipinski definition) is 0. The SMILES string of the molecule is COc1ccc(OCCOc2c(F)cccc2CCl)cc1. The molecule has 0 unspecified atom stereocenters. The minimum Gasteiger partial charge on any atom is -0.497 e. The molecule has 5 heteroatoms. The average molecular weight is 311 g/mol. The second-order valence-corrected chi connectivity index (χ2v) is 4.50. The Morgan fingerprint density at radius 2 is 1.62 bits per heavy atom. The van der Waals surface area contributed by atoms with Gasteiger partial charge < -0.3 is 14.2 Å². The molecule has 2 rings (SSSR count). The summed E-state index contributed by atoms with van der Waals surface area (Å²) in [5.41, 5.74) is 0.626. The van der Waals surface area contributed by atoms with Crippen LogP contribution in [0, 0.1) is 5.82 Å². The zero-order valence-corrected chi connectivity index (χ0v) is 12.4. The maximum absolute atomic E-state index is 13.6. The topological polar surface area (TPSA) is 27.7 Å². The molecular weight excluding hydrogens is 295 g/mol. The van der Waals surface area contributed by atoms with E-state index < -0.39 is 5.82 Å². The molecule has 0 aliphatic carbocycles. The fourth-order valence-corrected chi connectivity index (χ4v) is 2.01. The highest BCUT2D eigenvalue weighted by atomic mass is 35.5. The first-order valence-corrected chi connectivity index (χ1v) is 7.01. The lowest BCUT2D eigenvalue weighted by molar-refractivity contribution is 0.210. The predicted octanol–water partition coefficient (Wildman–Crippen LogP) is 4.03. The first kappa shape index (κ1) is 15.4. The van der Waals surface area contributed by atoms with Crippen LogP contribution in [0.1, 0.15) is 5.56 Å². The predicted molar refractivity (Wildman–Crippen MR) is 79.9 cm³/mol. The summed E-state index contributed by atoms with van der Waals surface area (Å²) in [4.78, 5) is 0. The molecule has 21 heavy (non-hydrogen) atoms. The fraction of sp³-hybridized carbons (Fsp3) is 0.250. The van der Waals surface area contributed by atoms with Gasteiger partial charge in [-0.25, -0.2) is 4.39 Å². The highest BCUT2D eigenvalue weighted by Crippen LogP contribution is 2.24. The van der Waals surface area contributed by atoms with Crippen LogP contribution in [0.25, 0.3) is 0 Å². The first-order valence-electron chi connectivity index (χ1n) is 6.47. The molecule has 0 radical (unpaired) electrons. The molecule has 0 fully saturated rings. The molecule has 0 saturated carbocycles. The summed E-state index contributed by atoms with van der Waals surface area (Å²) in [5, 5.41) is 0. The molecule has 0 spiro atoms. The number of benzene rings is 2. The van der Waals surface area contributed by atoms with Crippen molar-refractivity contribution in [2.75, 3.05) is 20.3 Å². The van der Waals surface area contributed by atoms with Crippen LogP contribution >= 0.6 is 11.6 Å². The smallest absolute Gasteiger partial charge is 0.165 e. The van der Waals surface area contributed by atoms with Gasteiger partial charge in [0, 0.05) is 5.56 Å². The van der Waals surface area contributed by atoms with Gasteiger partial charge in [-0.05, 0) is 30.3 Å². The van der Waals surface area contributed by atoms with Crippen LogP contribution < -0.4 is 14.2 Å². The van der Waals surface area contributed by atoms with Gasteiger partial charge in [0.05, 0.1) is 13.0 Å². The Kier molecular flexibility index (Phi) is 5.69. The van der Waals surface area contributed by atoms with Crippen molar-refractivity contribution in [3.05, 3.63) is 53.8 Å². The van der Waals surface area contributed by atoms with Gasteiger partial charge >= 0.3 is 0 Å². The molecule has 0 saturated heterocycles. The second-order valence-electron chi connectivity index (χ2n) is 4.23. The van der Waals surface area contributed by atoms with Crippen LogP contribution in [0.4, 0.5) is 4.39 Å². The van der Waals surface area contributed by atoms with Gasteiger partial charge in [-0.15, -0.1) is 11.6 Å². The van der Waals surface area contributed by atoms with Crippen molar-refractivity contribution < 1.29 is 18.6 Å². The molecule has 2 aromatic carbocycles. The second kappa shape index (κ2) is 7.74.